The summed E-state index contributed by atoms with van der Waals surface area (Å²) < 4.78 is 0. The summed E-state index contributed by atoms with van der Waals surface area (Å²) in [7, 11) is 0. The zero-order chi connectivity index (χ0) is 22.5. The topological polar surface area (TPSA) is 64.7 Å². The average molecular weight is 479 g/mol. The fourth-order valence-electron chi connectivity index (χ4n) is 3.35. The van der Waals surface area contributed by atoms with E-state index in [0.717, 1.165) is 18.8 Å². The van der Waals surface area contributed by atoms with E-state index in [4.69, 9.17) is 35.4 Å². The molecule has 3 rings (SSSR count). The van der Waals surface area contributed by atoms with Crippen molar-refractivity contribution in [1.82, 2.24) is 10.2 Å². The number of halogens is 2. The number of nitrogens with one attached hydrogen (secondary N) is 2. The first kappa shape index (κ1) is 23.3. The van der Waals surface area contributed by atoms with Gasteiger partial charge < -0.3 is 15.1 Å². The van der Waals surface area contributed by atoms with Crippen LogP contribution in [0.3, 0.4) is 0 Å². The summed E-state index contributed by atoms with van der Waals surface area (Å²) in [5.41, 5.74) is 1.90. The highest BCUT2D eigenvalue weighted by molar-refractivity contribution is 7.80. The number of hydrogen-bond donors (Lipinski definition) is 2. The summed E-state index contributed by atoms with van der Waals surface area (Å²) in [6.45, 7) is 6.61. The highest BCUT2D eigenvalue weighted by Gasteiger charge is 2.24. The van der Waals surface area contributed by atoms with E-state index >= 15 is 0 Å². The van der Waals surface area contributed by atoms with Crippen LogP contribution in [0.1, 0.15) is 24.2 Å². The Morgan fingerprint density at radius 2 is 1.68 bits per heavy atom. The highest BCUT2D eigenvalue weighted by atomic mass is 35.5. The molecule has 0 atom stereocenters. The van der Waals surface area contributed by atoms with Crippen molar-refractivity contribution in [2.24, 2.45) is 5.92 Å². The first-order chi connectivity index (χ1) is 14.8. The number of nitrogens with zero attached hydrogens (tertiary/aromatic N) is 2. The van der Waals surface area contributed by atoms with Crippen molar-refractivity contribution in [3.63, 3.8) is 0 Å². The quantitative estimate of drug-likeness (QED) is 0.636. The molecule has 2 N–H and O–H groups in total. The number of anilines is 2. The molecule has 0 aliphatic carbocycles. The first-order valence-corrected chi connectivity index (χ1v) is 11.1. The van der Waals surface area contributed by atoms with Crippen LogP contribution < -0.4 is 15.5 Å². The molecule has 6 nitrogen and oxygen atoms in total. The Morgan fingerprint density at radius 1 is 1.00 bits per heavy atom. The van der Waals surface area contributed by atoms with Gasteiger partial charge in [0.15, 0.2) is 5.11 Å². The van der Waals surface area contributed by atoms with Crippen LogP contribution in [0.4, 0.5) is 11.4 Å². The van der Waals surface area contributed by atoms with E-state index in [0.29, 0.717) is 34.4 Å². The Kier molecular flexibility index (Phi) is 7.75. The fourth-order valence-corrected chi connectivity index (χ4v) is 4.08. The number of piperazine rings is 1. The van der Waals surface area contributed by atoms with E-state index in [2.05, 4.69) is 15.5 Å². The van der Waals surface area contributed by atoms with E-state index in [9.17, 15) is 9.59 Å². The molecule has 0 bridgehead atoms. The summed E-state index contributed by atoms with van der Waals surface area (Å²) in [5.74, 6) is -0.208. The highest BCUT2D eigenvalue weighted by Crippen LogP contribution is 2.30. The lowest BCUT2D eigenvalue weighted by atomic mass is 10.1. The molecule has 2 aromatic rings. The molecule has 1 aliphatic rings. The second kappa shape index (κ2) is 10.3. The predicted molar refractivity (Wildman–Crippen MR) is 130 cm³/mol. The normalized spacial score (nSPS) is 13.8. The minimum atomic E-state index is -0.389. The number of hydrogen-bond acceptors (Lipinski definition) is 4. The first-order valence-electron chi connectivity index (χ1n) is 9.96. The third-order valence-electron chi connectivity index (χ3n) is 4.98. The Balaban J connectivity index is 1.58. The minimum Gasteiger partial charge on any atom is -0.367 e. The number of amides is 2. The molecule has 1 fully saturated rings. The standard InChI is InChI=1S/C22H24Cl2N4O2S/c1-14(2)21(30)28-11-9-27(10-12-28)19-8-7-15(13-18(19)24)25-22(31)26-20(29)16-5-3-4-6-17(16)23/h3-8,13-14H,9-12H2,1-2H3,(H2,25,26,29,31). The minimum absolute atomic E-state index is 0.00254. The van der Waals surface area contributed by atoms with E-state index in [1.54, 1.807) is 30.3 Å². The van der Waals surface area contributed by atoms with Gasteiger partial charge in [0.2, 0.25) is 5.91 Å². The summed E-state index contributed by atoms with van der Waals surface area (Å²) in [4.78, 5) is 28.5. The van der Waals surface area contributed by atoms with E-state index in [-0.39, 0.29) is 22.8 Å². The van der Waals surface area contributed by atoms with E-state index in [1.165, 1.54) is 0 Å². The zero-order valence-corrected chi connectivity index (χ0v) is 19.7. The maximum Gasteiger partial charge on any atom is 0.258 e. The Labute approximate surface area is 197 Å². The van der Waals surface area contributed by atoms with Gasteiger partial charge in [-0.25, -0.2) is 0 Å². The van der Waals surface area contributed by atoms with Crippen molar-refractivity contribution < 1.29 is 9.59 Å². The van der Waals surface area contributed by atoms with Gasteiger partial charge in [-0.15, -0.1) is 0 Å². The molecule has 1 heterocycles. The molecule has 0 unspecified atom stereocenters. The van der Waals surface area contributed by atoms with Crippen LogP contribution in [-0.4, -0.2) is 48.0 Å². The van der Waals surface area contributed by atoms with Gasteiger partial charge in [-0.05, 0) is 42.5 Å². The maximum absolute atomic E-state index is 12.3. The smallest absolute Gasteiger partial charge is 0.258 e. The lowest BCUT2D eigenvalue weighted by molar-refractivity contribution is -0.134. The van der Waals surface area contributed by atoms with Crippen LogP contribution in [0.5, 0.6) is 0 Å². The van der Waals surface area contributed by atoms with Gasteiger partial charge in [0.05, 0.1) is 21.3 Å². The van der Waals surface area contributed by atoms with Crippen LogP contribution in [0.2, 0.25) is 10.0 Å². The molecule has 164 valence electrons. The molecule has 0 saturated carbocycles. The average Bonchev–Trinajstić information content (AvgIpc) is 2.73. The molecule has 31 heavy (non-hydrogen) atoms. The monoisotopic (exact) mass is 478 g/mol. The molecule has 0 radical (unpaired) electrons. The Bertz CT molecular complexity index is 991. The van der Waals surface area contributed by atoms with Crippen molar-refractivity contribution in [2.45, 2.75) is 13.8 Å². The molecular weight excluding hydrogens is 455 g/mol. The molecule has 9 heteroatoms. The lowest BCUT2D eigenvalue weighted by Gasteiger charge is -2.37. The third kappa shape index (κ3) is 5.87. The largest absolute Gasteiger partial charge is 0.367 e. The Morgan fingerprint density at radius 3 is 2.29 bits per heavy atom. The van der Waals surface area contributed by atoms with Crippen LogP contribution in [0, 0.1) is 5.92 Å². The molecular formula is C22H24Cl2N4O2S. The van der Waals surface area contributed by atoms with Gasteiger partial charge in [-0.3, -0.25) is 14.9 Å². The van der Waals surface area contributed by atoms with Crippen LogP contribution in [0.15, 0.2) is 42.5 Å². The summed E-state index contributed by atoms with van der Waals surface area (Å²) >= 11 is 17.8. The van der Waals surface area contributed by atoms with Crippen molar-refractivity contribution in [2.75, 3.05) is 36.4 Å². The van der Waals surface area contributed by atoms with Crippen molar-refractivity contribution >= 4 is 63.7 Å². The molecule has 1 aliphatic heterocycles. The van der Waals surface area contributed by atoms with Gasteiger partial charge in [0, 0.05) is 37.8 Å². The molecule has 2 aromatic carbocycles. The van der Waals surface area contributed by atoms with Crippen molar-refractivity contribution in [3.05, 3.63) is 58.1 Å². The van der Waals surface area contributed by atoms with Gasteiger partial charge in [0.25, 0.3) is 5.91 Å². The number of benzene rings is 2. The van der Waals surface area contributed by atoms with Gasteiger partial charge >= 0.3 is 0 Å². The second-order valence-electron chi connectivity index (χ2n) is 7.52. The van der Waals surface area contributed by atoms with Crippen LogP contribution >= 0.6 is 35.4 Å². The van der Waals surface area contributed by atoms with Gasteiger partial charge in [-0.2, -0.15) is 0 Å². The molecule has 0 spiro atoms. The summed E-state index contributed by atoms with van der Waals surface area (Å²) in [6.07, 6.45) is 0. The second-order valence-corrected chi connectivity index (χ2v) is 8.74. The van der Waals surface area contributed by atoms with Crippen molar-refractivity contribution in [3.8, 4) is 0 Å². The summed E-state index contributed by atoms with van der Waals surface area (Å²) in [6, 6.07) is 12.3. The zero-order valence-electron chi connectivity index (χ0n) is 17.3. The van der Waals surface area contributed by atoms with Crippen molar-refractivity contribution in [1.29, 1.82) is 0 Å². The summed E-state index contributed by atoms with van der Waals surface area (Å²) in [5, 5.41) is 6.65. The maximum atomic E-state index is 12.3. The van der Waals surface area contributed by atoms with Gasteiger partial charge in [0.1, 0.15) is 0 Å². The molecule has 2 amide bonds. The molecule has 1 saturated heterocycles. The molecule has 0 aromatic heterocycles. The van der Waals surface area contributed by atoms with E-state index in [1.807, 2.05) is 30.9 Å². The van der Waals surface area contributed by atoms with Crippen LogP contribution in [-0.2, 0) is 4.79 Å². The lowest BCUT2D eigenvalue weighted by Crippen LogP contribution is -2.50. The number of rotatable bonds is 4. The third-order valence-corrected chi connectivity index (χ3v) is 5.81. The number of carbonyl (C=O) groups is 2. The SMILES string of the molecule is CC(C)C(=O)N1CCN(c2ccc(NC(=S)NC(=O)c3ccccc3Cl)cc2Cl)CC1. The van der Waals surface area contributed by atoms with Crippen LogP contribution in [0.25, 0.3) is 0 Å². The Hall–Kier alpha value is -2.35. The van der Waals surface area contributed by atoms with E-state index < -0.39 is 0 Å². The number of thiocarbonyl (C=S) groups is 1. The van der Waals surface area contributed by atoms with Gasteiger partial charge in [-0.1, -0.05) is 49.2 Å². The fraction of sp³-hybridized carbons (Fsp3) is 0.318. The number of carbonyl (C=O) groups excluding carboxylic acids is 2. The predicted octanol–water partition coefficient (Wildman–Crippen LogP) is 4.42.